The van der Waals surface area contributed by atoms with Crippen LogP contribution in [0.25, 0.3) is 0 Å². The summed E-state index contributed by atoms with van der Waals surface area (Å²) in [5.41, 5.74) is 9.38. The zero-order valence-electron chi connectivity index (χ0n) is 25.1. The molecule has 0 aromatic heterocycles. The number of unbranched alkanes of at least 4 members (excludes halogenated alkanes) is 2. The Labute approximate surface area is 240 Å². The van der Waals surface area contributed by atoms with Crippen molar-refractivity contribution in [2.45, 2.75) is 128 Å². The second-order valence-corrected chi connectivity index (χ2v) is 12.2. The van der Waals surface area contributed by atoms with E-state index >= 15 is 0 Å². The summed E-state index contributed by atoms with van der Waals surface area (Å²) in [6.45, 7) is 6.36. The minimum absolute atomic E-state index is 0.714. The van der Waals surface area contributed by atoms with Crippen molar-refractivity contribution in [2.75, 3.05) is 13.2 Å². The molecule has 2 aliphatic carbocycles. The first-order valence-corrected chi connectivity index (χ1v) is 16.4. The van der Waals surface area contributed by atoms with E-state index in [2.05, 4.69) is 74.5 Å². The van der Waals surface area contributed by atoms with Crippen molar-refractivity contribution in [1.29, 1.82) is 0 Å². The molecule has 0 N–H and O–H groups in total. The van der Waals surface area contributed by atoms with Gasteiger partial charge in [0, 0.05) is 13.2 Å². The van der Waals surface area contributed by atoms with E-state index in [4.69, 9.17) is 4.74 Å². The number of hydrogen-bond donors (Lipinski definition) is 0. The molecule has 2 aromatic carbocycles. The van der Waals surface area contributed by atoms with Crippen LogP contribution in [0.15, 0.2) is 71.8 Å². The van der Waals surface area contributed by atoms with Crippen LogP contribution >= 0.6 is 0 Å². The van der Waals surface area contributed by atoms with Gasteiger partial charge in [0.1, 0.15) is 0 Å². The Morgan fingerprint density at radius 2 is 1.00 bits per heavy atom. The molecule has 0 saturated heterocycles. The zero-order valence-corrected chi connectivity index (χ0v) is 25.1. The van der Waals surface area contributed by atoms with Gasteiger partial charge in [0.25, 0.3) is 0 Å². The maximum absolute atomic E-state index is 6.02. The van der Waals surface area contributed by atoms with Gasteiger partial charge in [-0.1, -0.05) is 98.5 Å². The summed E-state index contributed by atoms with van der Waals surface area (Å²) in [6, 6.07) is 19.0. The van der Waals surface area contributed by atoms with Crippen LogP contribution in [0.5, 0.6) is 0 Å². The number of rotatable bonds is 16. The maximum Gasteiger partial charge on any atom is 0.0469 e. The second kappa shape index (κ2) is 16.9. The minimum Gasteiger partial charge on any atom is -0.381 e. The molecule has 0 amide bonds. The molecular weight excluding hydrogens is 472 g/mol. The van der Waals surface area contributed by atoms with Crippen molar-refractivity contribution in [2.24, 2.45) is 0 Å². The Bertz CT molecular complexity index is 926. The molecule has 212 valence electrons. The predicted molar refractivity (Wildman–Crippen MR) is 169 cm³/mol. The van der Waals surface area contributed by atoms with Gasteiger partial charge in [-0.05, 0) is 124 Å². The largest absolute Gasteiger partial charge is 0.381 e. The summed E-state index contributed by atoms with van der Waals surface area (Å²) in [5, 5.41) is 0. The Balaban J connectivity index is 1.04. The number of aryl methyl sites for hydroxylation is 2. The molecule has 0 spiro atoms. The molecule has 1 heteroatoms. The SMILES string of the molecule is CCCCc1ccc(C2CC=C(CCCOCCCC3=CCC(c4ccc(CCCC)cc4)CC3)CC2)cc1. The van der Waals surface area contributed by atoms with Crippen LogP contribution in [-0.2, 0) is 17.6 Å². The number of ether oxygens (including phenoxy) is 1. The highest BCUT2D eigenvalue weighted by Crippen LogP contribution is 2.35. The maximum atomic E-state index is 6.02. The zero-order chi connectivity index (χ0) is 27.1. The van der Waals surface area contributed by atoms with Crippen LogP contribution in [-0.4, -0.2) is 13.2 Å². The lowest BCUT2D eigenvalue weighted by Gasteiger charge is -2.23. The molecule has 0 aliphatic heterocycles. The van der Waals surface area contributed by atoms with Crippen molar-refractivity contribution in [3.8, 4) is 0 Å². The highest BCUT2D eigenvalue weighted by Gasteiger charge is 2.17. The molecule has 2 atom stereocenters. The van der Waals surface area contributed by atoms with Gasteiger partial charge in [0.05, 0.1) is 0 Å². The molecule has 2 aromatic rings. The van der Waals surface area contributed by atoms with Gasteiger partial charge >= 0.3 is 0 Å². The van der Waals surface area contributed by atoms with Crippen LogP contribution in [0, 0.1) is 0 Å². The molecule has 1 nitrogen and oxygen atoms in total. The summed E-state index contributed by atoms with van der Waals surface area (Å²) in [6.07, 6.45) is 25.0. The van der Waals surface area contributed by atoms with Crippen LogP contribution < -0.4 is 0 Å². The third kappa shape index (κ3) is 10.1. The van der Waals surface area contributed by atoms with Crippen LogP contribution in [0.2, 0.25) is 0 Å². The molecule has 0 saturated carbocycles. The van der Waals surface area contributed by atoms with E-state index in [0.29, 0.717) is 11.8 Å². The van der Waals surface area contributed by atoms with E-state index in [9.17, 15) is 0 Å². The standard InChI is InChI=1S/C38H54O/c1-3-5-9-31-13-21-35(22-14-31)37-25-17-33(18-26-37)11-7-29-39-30-8-12-34-19-27-38(28-20-34)36-23-15-32(16-24-36)10-6-4-2/h13-17,19,21-24,37-38H,3-12,18,20,25-30H2,1-2H3. The van der Waals surface area contributed by atoms with Crippen LogP contribution in [0.3, 0.4) is 0 Å². The van der Waals surface area contributed by atoms with Crippen molar-refractivity contribution < 1.29 is 4.74 Å². The Hall–Kier alpha value is -2.12. The monoisotopic (exact) mass is 526 g/mol. The molecule has 4 rings (SSSR count). The predicted octanol–water partition coefficient (Wildman–Crippen LogP) is 11.0. The fraction of sp³-hybridized carbons (Fsp3) is 0.579. The lowest BCUT2D eigenvalue weighted by molar-refractivity contribution is 0.129. The van der Waals surface area contributed by atoms with E-state index in [1.165, 1.54) is 125 Å². The average Bonchev–Trinajstić information content (AvgIpc) is 3.00. The molecule has 2 unspecified atom stereocenters. The van der Waals surface area contributed by atoms with Gasteiger partial charge in [0.15, 0.2) is 0 Å². The quantitative estimate of drug-likeness (QED) is 0.156. The van der Waals surface area contributed by atoms with Crippen molar-refractivity contribution in [1.82, 2.24) is 0 Å². The number of hydrogen-bond acceptors (Lipinski definition) is 1. The Morgan fingerprint density at radius 1 is 0.564 bits per heavy atom. The summed E-state index contributed by atoms with van der Waals surface area (Å²) in [7, 11) is 0. The smallest absolute Gasteiger partial charge is 0.0469 e. The number of benzene rings is 2. The van der Waals surface area contributed by atoms with Crippen molar-refractivity contribution in [3.05, 3.63) is 94.1 Å². The van der Waals surface area contributed by atoms with Gasteiger partial charge in [0.2, 0.25) is 0 Å². The van der Waals surface area contributed by atoms with E-state index in [1.54, 1.807) is 11.1 Å². The molecule has 0 heterocycles. The molecule has 39 heavy (non-hydrogen) atoms. The molecule has 2 aliphatic rings. The third-order valence-corrected chi connectivity index (χ3v) is 9.12. The normalized spacial score (nSPS) is 19.5. The van der Waals surface area contributed by atoms with E-state index in [-0.39, 0.29) is 0 Å². The van der Waals surface area contributed by atoms with Crippen LogP contribution in [0.4, 0.5) is 0 Å². The van der Waals surface area contributed by atoms with Gasteiger partial charge in [-0.3, -0.25) is 0 Å². The summed E-state index contributed by atoms with van der Waals surface area (Å²) in [5.74, 6) is 1.43. The van der Waals surface area contributed by atoms with Crippen molar-refractivity contribution >= 4 is 0 Å². The Morgan fingerprint density at radius 3 is 1.36 bits per heavy atom. The average molecular weight is 527 g/mol. The van der Waals surface area contributed by atoms with E-state index in [1.807, 2.05) is 0 Å². The molecule has 0 fully saturated rings. The lowest BCUT2D eigenvalue weighted by atomic mass is 9.83. The third-order valence-electron chi connectivity index (χ3n) is 9.12. The van der Waals surface area contributed by atoms with Crippen molar-refractivity contribution in [3.63, 3.8) is 0 Å². The van der Waals surface area contributed by atoms with E-state index in [0.717, 1.165) is 13.2 Å². The fourth-order valence-corrected chi connectivity index (χ4v) is 6.42. The summed E-state index contributed by atoms with van der Waals surface area (Å²) < 4.78 is 6.02. The highest BCUT2D eigenvalue weighted by molar-refractivity contribution is 5.29. The van der Waals surface area contributed by atoms with E-state index < -0.39 is 0 Å². The van der Waals surface area contributed by atoms with Crippen LogP contribution in [0.1, 0.15) is 138 Å². The first-order chi connectivity index (χ1) is 19.2. The van der Waals surface area contributed by atoms with Gasteiger partial charge in [-0.15, -0.1) is 0 Å². The first kappa shape index (κ1) is 29.9. The van der Waals surface area contributed by atoms with Gasteiger partial charge < -0.3 is 4.74 Å². The molecule has 0 bridgehead atoms. The highest BCUT2D eigenvalue weighted by atomic mass is 16.5. The summed E-state index contributed by atoms with van der Waals surface area (Å²) in [4.78, 5) is 0. The second-order valence-electron chi connectivity index (χ2n) is 12.2. The summed E-state index contributed by atoms with van der Waals surface area (Å²) >= 11 is 0. The molecule has 0 radical (unpaired) electrons. The topological polar surface area (TPSA) is 9.23 Å². The van der Waals surface area contributed by atoms with Gasteiger partial charge in [-0.25, -0.2) is 0 Å². The first-order valence-electron chi connectivity index (χ1n) is 16.4. The Kier molecular flexibility index (Phi) is 12.9. The number of allylic oxidation sites excluding steroid dienone is 4. The minimum atomic E-state index is 0.714. The lowest BCUT2D eigenvalue weighted by Crippen LogP contribution is -2.06. The molecular formula is C38H54O. The van der Waals surface area contributed by atoms with Gasteiger partial charge in [-0.2, -0.15) is 0 Å². The fourth-order valence-electron chi connectivity index (χ4n) is 6.42.